The van der Waals surface area contributed by atoms with E-state index in [-0.39, 0.29) is 30.1 Å². The monoisotopic (exact) mass is 430 g/mol. The molecule has 0 bridgehead atoms. The molecule has 0 amide bonds. The van der Waals surface area contributed by atoms with E-state index >= 15 is 0 Å². The molecule has 0 unspecified atom stereocenters. The van der Waals surface area contributed by atoms with E-state index in [2.05, 4.69) is 20.9 Å². The predicted molar refractivity (Wildman–Crippen MR) is 99.9 cm³/mol. The number of hydrogen-bond acceptors (Lipinski definition) is 6. The van der Waals surface area contributed by atoms with E-state index < -0.39 is 11.9 Å². The van der Waals surface area contributed by atoms with Gasteiger partial charge in [-0.2, -0.15) is 4.73 Å². The quantitative estimate of drug-likeness (QED) is 0.350. The van der Waals surface area contributed by atoms with Gasteiger partial charge in [0.05, 0.1) is 12.2 Å². The number of carbonyl (C=O) groups is 2. The highest BCUT2D eigenvalue weighted by Gasteiger charge is 2.28. The Morgan fingerprint density at radius 3 is 2.52 bits per heavy atom. The summed E-state index contributed by atoms with van der Waals surface area (Å²) in [5, 5.41) is 12.7. The second-order valence-electron chi connectivity index (χ2n) is 5.47. The molecule has 0 aliphatic rings. The number of rotatable bonds is 5. The van der Waals surface area contributed by atoms with Crippen LogP contribution in [0.25, 0.3) is 11.0 Å². The Morgan fingerprint density at radius 1 is 1.07 bits per heavy atom. The van der Waals surface area contributed by atoms with Gasteiger partial charge in [-0.15, -0.1) is 0 Å². The third-order valence-electron chi connectivity index (χ3n) is 3.73. The normalized spacial score (nSPS) is 10.6. The minimum atomic E-state index is -0.822. The maximum absolute atomic E-state index is 12.7. The summed E-state index contributed by atoms with van der Waals surface area (Å²) in [5.41, 5.74) is 0.665. The van der Waals surface area contributed by atoms with Crippen LogP contribution in [-0.4, -0.2) is 23.5 Å². The van der Waals surface area contributed by atoms with Gasteiger partial charge in [0, 0.05) is 10.5 Å². The molecule has 8 heteroatoms. The van der Waals surface area contributed by atoms with E-state index in [4.69, 9.17) is 9.47 Å². The summed E-state index contributed by atoms with van der Waals surface area (Å²) in [7, 11) is 0. The number of fused-ring (bicyclic) bond motifs is 1. The molecule has 0 fully saturated rings. The summed E-state index contributed by atoms with van der Waals surface area (Å²) in [5.74, 6) is -1.43. The highest BCUT2D eigenvalue weighted by Crippen LogP contribution is 2.18. The first-order valence-electron chi connectivity index (χ1n) is 8.13. The number of para-hydroxylation sites is 2. The summed E-state index contributed by atoms with van der Waals surface area (Å²) in [4.78, 5) is 28.9. The maximum Gasteiger partial charge on any atom is 0.407 e. The van der Waals surface area contributed by atoms with Gasteiger partial charge in [-0.05, 0) is 41.1 Å². The molecule has 0 saturated carbocycles. The summed E-state index contributed by atoms with van der Waals surface area (Å²) in [6.45, 7) is 1.39. The molecule has 0 atom stereocenters. The van der Waals surface area contributed by atoms with Gasteiger partial charge in [-0.3, -0.25) is 0 Å². The van der Waals surface area contributed by atoms with Crippen molar-refractivity contribution in [3.8, 4) is 0 Å². The molecule has 0 saturated heterocycles. The van der Waals surface area contributed by atoms with Crippen LogP contribution in [0.5, 0.6) is 0 Å². The Labute approximate surface area is 163 Å². The Morgan fingerprint density at radius 2 is 1.78 bits per heavy atom. The summed E-state index contributed by atoms with van der Waals surface area (Å²) < 4.78 is 11.3. The first-order chi connectivity index (χ1) is 13.0. The third kappa shape index (κ3) is 3.90. The fourth-order valence-corrected chi connectivity index (χ4v) is 2.95. The van der Waals surface area contributed by atoms with Gasteiger partial charge in [-0.1, -0.05) is 24.3 Å². The van der Waals surface area contributed by atoms with Crippen LogP contribution in [0.2, 0.25) is 0 Å². The smallest absolute Gasteiger partial charge is 0.407 e. The molecule has 2 aromatic carbocycles. The van der Waals surface area contributed by atoms with Crippen LogP contribution in [0.3, 0.4) is 0 Å². The molecule has 0 aliphatic heterocycles. The van der Waals surface area contributed by atoms with Crippen molar-refractivity contribution >= 4 is 38.9 Å². The average molecular weight is 431 g/mol. The van der Waals surface area contributed by atoms with Gasteiger partial charge in [0.15, 0.2) is 5.69 Å². The van der Waals surface area contributed by atoms with E-state index in [0.29, 0.717) is 20.3 Å². The largest absolute Gasteiger partial charge is 0.618 e. The van der Waals surface area contributed by atoms with Gasteiger partial charge in [0.2, 0.25) is 5.52 Å². The number of halogens is 1. The number of aromatic nitrogens is 2. The van der Waals surface area contributed by atoms with Crippen molar-refractivity contribution in [3.05, 3.63) is 75.2 Å². The molecule has 0 N–H and O–H groups in total. The molecule has 7 nitrogen and oxygen atoms in total. The highest BCUT2D eigenvalue weighted by atomic mass is 79.9. The van der Waals surface area contributed by atoms with Gasteiger partial charge in [0.25, 0.3) is 0 Å². The van der Waals surface area contributed by atoms with Crippen molar-refractivity contribution in [2.45, 2.75) is 13.5 Å². The van der Waals surface area contributed by atoms with Crippen LogP contribution in [0.4, 0.5) is 0 Å². The third-order valence-corrected chi connectivity index (χ3v) is 4.43. The Hall–Kier alpha value is -3.00. The minimum absolute atomic E-state index is 0.0301. The summed E-state index contributed by atoms with van der Waals surface area (Å²) >= 11 is 3.28. The van der Waals surface area contributed by atoms with Gasteiger partial charge in [0.1, 0.15) is 12.1 Å². The van der Waals surface area contributed by atoms with Crippen molar-refractivity contribution in [3.63, 3.8) is 0 Å². The van der Waals surface area contributed by atoms with E-state index in [1.807, 2.05) is 0 Å². The number of esters is 2. The molecule has 3 aromatic rings. The molecule has 3 rings (SSSR count). The first-order valence-corrected chi connectivity index (χ1v) is 8.92. The van der Waals surface area contributed by atoms with Crippen molar-refractivity contribution in [1.29, 1.82) is 0 Å². The van der Waals surface area contributed by atoms with Crippen LogP contribution in [0.15, 0.2) is 53.0 Å². The van der Waals surface area contributed by atoms with Gasteiger partial charge in [-0.25, -0.2) is 14.6 Å². The van der Waals surface area contributed by atoms with Crippen molar-refractivity contribution in [2.75, 3.05) is 6.61 Å². The molecule has 1 heterocycles. The molecular weight excluding hydrogens is 416 g/mol. The number of benzene rings is 2. The van der Waals surface area contributed by atoms with E-state index in [1.54, 1.807) is 55.5 Å². The summed E-state index contributed by atoms with van der Waals surface area (Å²) in [6.07, 6.45) is 0. The standard InChI is InChI=1S/C19H15BrN2O5/c1-2-26-19(24)17-15(21-14-9-5-6-10-16(14)22(17)25)11-27-18(23)12-7-3-4-8-13(12)20/h3-10H,2,11H2,1H3. The van der Waals surface area contributed by atoms with E-state index in [0.717, 1.165) is 0 Å². The molecule has 0 aliphatic carbocycles. The lowest BCUT2D eigenvalue weighted by Gasteiger charge is -2.11. The molecule has 0 radical (unpaired) electrons. The molecule has 138 valence electrons. The molecular formula is C19H15BrN2O5. The Kier molecular flexibility index (Phi) is 5.66. The lowest BCUT2D eigenvalue weighted by atomic mass is 10.2. The highest BCUT2D eigenvalue weighted by molar-refractivity contribution is 9.10. The number of carbonyl (C=O) groups excluding carboxylic acids is 2. The zero-order chi connectivity index (χ0) is 19.4. The average Bonchev–Trinajstić information content (AvgIpc) is 2.66. The lowest BCUT2D eigenvalue weighted by Crippen LogP contribution is -2.39. The lowest BCUT2D eigenvalue weighted by molar-refractivity contribution is -0.581. The summed E-state index contributed by atoms with van der Waals surface area (Å²) in [6, 6.07) is 13.3. The molecule has 27 heavy (non-hydrogen) atoms. The second-order valence-corrected chi connectivity index (χ2v) is 6.32. The Balaban J connectivity index is 1.97. The topological polar surface area (TPSA) is 92.4 Å². The maximum atomic E-state index is 12.7. The van der Waals surface area contributed by atoms with Gasteiger partial charge >= 0.3 is 17.6 Å². The number of ether oxygens (including phenoxy) is 2. The molecule has 0 spiro atoms. The van der Waals surface area contributed by atoms with Crippen LogP contribution in [-0.2, 0) is 16.1 Å². The van der Waals surface area contributed by atoms with Crippen LogP contribution >= 0.6 is 15.9 Å². The zero-order valence-electron chi connectivity index (χ0n) is 14.3. The zero-order valence-corrected chi connectivity index (χ0v) is 15.9. The van der Waals surface area contributed by atoms with Crippen molar-refractivity contribution < 1.29 is 23.8 Å². The van der Waals surface area contributed by atoms with E-state index in [1.165, 1.54) is 0 Å². The fraction of sp³-hybridized carbons (Fsp3) is 0.158. The first kappa shape index (κ1) is 18.8. The van der Waals surface area contributed by atoms with Crippen LogP contribution in [0.1, 0.15) is 33.5 Å². The number of hydrogen-bond donors (Lipinski definition) is 0. The van der Waals surface area contributed by atoms with Crippen molar-refractivity contribution in [2.24, 2.45) is 0 Å². The van der Waals surface area contributed by atoms with Gasteiger partial charge < -0.3 is 14.7 Å². The minimum Gasteiger partial charge on any atom is -0.618 e. The fourth-order valence-electron chi connectivity index (χ4n) is 2.51. The molecule has 1 aromatic heterocycles. The van der Waals surface area contributed by atoms with Crippen molar-refractivity contribution in [1.82, 2.24) is 4.98 Å². The van der Waals surface area contributed by atoms with Crippen LogP contribution < -0.4 is 4.73 Å². The van der Waals surface area contributed by atoms with E-state index in [9.17, 15) is 14.8 Å². The second kappa shape index (κ2) is 8.13. The Bertz CT molecular complexity index is 1020. The van der Waals surface area contributed by atoms with Crippen LogP contribution in [0, 0.1) is 5.21 Å². The SMILES string of the molecule is CCOC(=O)c1c(COC(=O)c2ccccc2Br)nc2ccccc2[n+]1[O-]. The number of nitrogens with zero attached hydrogens (tertiary/aromatic N) is 2. The predicted octanol–water partition coefficient (Wildman–Crippen LogP) is 3.16.